The average Bonchev–Trinajstić information content (AvgIpc) is 3.33. The van der Waals surface area contributed by atoms with Gasteiger partial charge in [-0.05, 0) is 80.7 Å². The molecule has 0 amide bonds. The second kappa shape index (κ2) is 10.7. The van der Waals surface area contributed by atoms with E-state index in [2.05, 4.69) is 4.98 Å². The van der Waals surface area contributed by atoms with E-state index in [0.717, 1.165) is 29.3 Å². The van der Waals surface area contributed by atoms with Crippen LogP contribution in [0, 0.1) is 18.6 Å². The number of aryl methyl sites for hydroxylation is 1. The molecule has 0 saturated heterocycles. The van der Waals surface area contributed by atoms with Gasteiger partial charge in [-0.3, -0.25) is 0 Å². The van der Waals surface area contributed by atoms with Crippen molar-refractivity contribution >= 4 is 17.1 Å². The molecule has 37 heavy (non-hydrogen) atoms. The number of benzene rings is 2. The maximum Gasteiger partial charge on any atom is 0.416 e. The molecule has 0 radical (unpaired) electrons. The van der Waals surface area contributed by atoms with Gasteiger partial charge in [-0.25, -0.2) is 18.6 Å². The maximum atomic E-state index is 14.1. The molecule has 4 nitrogen and oxygen atoms in total. The summed E-state index contributed by atoms with van der Waals surface area (Å²) in [6.07, 6.45) is -3.02. The zero-order chi connectivity index (χ0) is 26.7. The van der Waals surface area contributed by atoms with Gasteiger partial charge in [0.15, 0.2) is 0 Å². The highest BCUT2D eigenvalue weighted by Crippen LogP contribution is 2.44. The number of carbonyl (C=O) groups excluding carboxylic acids is 1. The van der Waals surface area contributed by atoms with E-state index in [9.17, 15) is 26.7 Å². The number of halogens is 5. The SMILES string of the molecule is CCOC(=O)c1cc(C(F)(F)F)cc(C2=C(c3cc(C)ccc3OCc3ccc(F)cc3F)CCC2)n1. The van der Waals surface area contributed by atoms with E-state index in [4.69, 9.17) is 9.47 Å². The zero-order valence-electron chi connectivity index (χ0n) is 20.2. The van der Waals surface area contributed by atoms with Crippen LogP contribution in [-0.2, 0) is 17.5 Å². The van der Waals surface area contributed by atoms with E-state index in [1.54, 1.807) is 19.1 Å². The molecule has 4 rings (SSSR count). The highest BCUT2D eigenvalue weighted by atomic mass is 19.4. The lowest BCUT2D eigenvalue weighted by Crippen LogP contribution is -2.13. The largest absolute Gasteiger partial charge is 0.488 e. The molecule has 1 aliphatic carbocycles. The lowest BCUT2D eigenvalue weighted by Gasteiger charge is -2.17. The van der Waals surface area contributed by atoms with E-state index in [1.807, 2.05) is 13.0 Å². The Labute approximate surface area is 210 Å². The molecule has 3 aromatic rings. The van der Waals surface area contributed by atoms with Crippen molar-refractivity contribution < 1.29 is 36.2 Å². The van der Waals surface area contributed by atoms with Crippen molar-refractivity contribution in [3.8, 4) is 5.75 Å². The molecular weight excluding hydrogens is 493 g/mol. The quantitative estimate of drug-likeness (QED) is 0.240. The van der Waals surface area contributed by atoms with Crippen LogP contribution in [0.3, 0.4) is 0 Å². The average molecular weight is 517 g/mol. The van der Waals surface area contributed by atoms with Crippen LogP contribution in [0.2, 0.25) is 0 Å². The third-order valence-electron chi connectivity index (χ3n) is 6.02. The van der Waals surface area contributed by atoms with Gasteiger partial charge in [0, 0.05) is 17.2 Å². The fourth-order valence-corrected chi connectivity index (χ4v) is 4.28. The summed E-state index contributed by atoms with van der Waals surface area (Å²) in [6.45, 7) is 3.25. The number of esters is 1. The third-order valence-corrected chi connectivity index (χ3v) is 6.02. The first-order valence-corrected chi connectivity index (χ1v) is 11.7. The van der Waals surface area contributed by atoms with Gasteiger partial charge in [0.1, 0.15) is 29.7 Å². The first kappa shape index (κ1) is 26.3. The highest BCUT2D eigenvalue weighted by Gasteiger charge is 2.34. The summed E-state index contributed by atoms with van der Waals surface area (Å²) in [5, 5.41) is 0. The number of hydrogen-bond donors (Lipinski definition) is 0. The van der Waals surface area contributed by atoms with Crippen LogP contribution in [0.25, 0.3) is 11.1 Å². The van der Waals surface area contributed by atoms with Crippen LogP contribution in [0.5, 0.6) is 5.75 Å². The third kappa shape index (κ3) is 5.98. The number of nitrogens with zero attached hydrogens (tertiary/aromatic N) is 1. The van der Waals surface area contributed by atoms with Gasteiger partial charge in [-0.15, -0.1) is 0 Å². The van der Waals surface area contributed by atoms with Gasteiger partial charge in [0.2, 0.25) is 0 Å². The molecule has 0 bridgehead atoms. The summed E-state index contributed by atoms with van der Waals surface area (Å²) in [5.41, 5.74) is 1.63. The molecule has 0 spiro atoms. The number of alkyl halides is 3. The van der Waals surface area contributed by atoms with E-state index >= 15 is 0 Å². The Morgan fingerprint density at radius 1 is 1.00 bits per heavy atom. The lowest BCUT2D eigenvalue weighted by molar-refractivity contribution is -0.137. The fraction of sp³-hybridized carbons (Fsp3) is 0.286. The van der Waals surface area contributed by atoms with Gasteiger partial charge in [-0.1, -0.05) is 11.6 Å². The minimum absolute atomic E-state index is 0.00131. The minimum Gasteiger partial charge on any atom is -0.488 e. The molecule has 0 aliphatic heterocycles. The van der Waals surface area contributed by atoms with Crippen LogP contribution >= 0.6 is 0 Å². The molecule has 9 heteroatoms. The van der Waals surface area contributed by atoms with Gasteiger partial charge < -0.3 is 9.47 Å². The van der Waals surface area contributed by atoms with Crippen molar-refractivity contribution in [2.75, 3.05) is 6.61 Å². The molecule has 1 heterocycles. The van der Waals surface area contributed by atoms with Crippen LogP contribution < -0.4 is 4.74 Å². The van der Waals surface area contributed by atoms with Gasteiger partial charge >= 0.3 is 12.1 Å². The molecule has 0 fully saturated rings. The predicted octanol–water partition coefficient (Wildman–Crippen LogP) is 7.54. The summed E-state index contributed by atoms with van der Waals surface area (Å²) < 4.78 is 79.2. The first-order chi connectivity index (χ1) is 17.6. The molecule has 0 saturated carbocycles. The topological polar surface area (TPSA) is 48.4 Å². The molecule has 0 atom stereocenters. The number of ether oxygens (including phenoxy) is 2. The summed E-state index contributed by atoms with van der Waals surface area (Å²) in [4.78, 5) is 16.5. The Balaban J connectivity index is 1.78. The number of rotatable bonds is 7. The Morgan fingerprint density at radius 3 is 2.46 bits per heavy atom. The Hall–Kier alpha value is -3.75. The number of pyridine rings is 1. The second-order valence-corrected chi connectivity index (χ2v) is 8.68. The van der Waals surface area contributed by atoms with Crippen LogP contribution in [-0.4, -0.2) is 17.6 Å². The van der Waals surface area contributed by atoms with Crippen LogP contribution in [0.4, 0.5) is 22.0 Å². The number of aromatic nitrogens is 1. The Morgan fingerprint density at radius 2 is 1.76 bits per heavy atom. The molecule has 2 aromatic carbocycles. The maximum absolute atomic E-state index is 14.1. The molecule has 1 aliphatic rings. The Bertz CT molecular complexity index is 1360. The lowest BCUT2D eigenvalue weighted by atomic mass is 9.96. The summed E-state index contributed by atoms with van der Waals surface area (Å²) >= 11 is 0. The van der Waals surface area contributed by atoms with Crippen molar-refractivity contribution in [3.05, 3.63) is 93.8 Å². The fourth-order valence-electron chi connectivity index (χ4n) is 4.28. The van der Waals surface area contributed by atoms with Crippen molar-refractivity contribution in [2.45, 2.75) is 45.9 Å². The summed E-state index contributed by atoms with van der Waals surface area (Å²) in [5.74, 6) is -1.97. The molecule has 194 valence electrons. The van der Waals surface area contributed by atoms with Crippen molar-refractivity contribution in [2.24, 2.45) is 0 Å². The number of allylic oxidation sites excluding steroid dienone is 2. The minimum atomic E-state index is -4.69. The van der Waals surface area contributed by atoms with Crippen molar-refractivity contribution in [1.29, 1.82) is 0 Å². The molecule has 0 N–H and O–H groups in total. The van der Waals surface area contributed by atoms with E-state index in [0.29, 0.717) is 42.2 Å². The predicted molar refractivity (Wildman–Crippen MR) is 128 cm³/mol. The Kier molecular flexibility index (Phi) is 7.61. The first-order valence-electron chi connectivity index (χ1n) is 11.7. The molecular formula is C28H24F5NO3. The van der Waals surface area contributed by atoms with Crippen molar-refractivity contribution in [1.82, 2.24) is 4.98 Å². The van der Waals surface area contributed by atoms with Gasteiger partial charge in [-0.2, -0.15) is 13.2 Å². The zero-order valence-corrected chi connectivity index (χ0v) is 20.2. The van der Waals surface area contributed by atoms with E-state index in [1.165, 1.54) is 6.07 Å². The van der Waals surface area contributed by atoms with E-state index in [-0.39, 0.29) is 24.5 Å². The monoisotopic (exact) mass is 517 g/mol. The molecule has 0 unspecified atom stereocenters. The van der Waals surface area contributed by atoms with Gasteiger partial charge in [0.05, 0.1) is 17.9 Å². The second-order valence-electron chi connectivity index (χ2n) is 8.68. The van der Waals surface area contributed by atoms with E-state index < -0.39 is 35.0 Å². The van der Waals surface area contributed by atoms with Gasteiger partial charge in [0.25, 0.3) is 0 Å². The van der Waals surface area contributed by atoms with Crippen LogP contribution in [0.15, 0.2) is 48.5 Å². The molecule has 1 aromatic heterocycles. The van der Waals surface area contributed by atoms with Crippen LogP contribution in [0.1, 0.15) is 64.6 Å². The summed E-state index contributed by atoms with van der Waals surface area (Å²) in [7, 11) is 0. The number of hydrogen-bond acceptors (Lipinski definition) is 4. The standard InChI is InChI=1S/C28H24F5NO3/c1-3-36-27(35)25-13-18(28(31,32)33)12-24(34-25)21-6-4-5-20(21)22-11-16(2)7-10-26(22)37-15-17-8-9-19(29)14-23(17)30/h7-14H,3-6,15H2,1-2H3. The van der Waals surface area contributed by atoms with Crippen molar-refractivity contribution in [3.63, 3.8) is 0 Å². The number of carbonyl (C=O) groups is 1. The highest BCUT2D eigenvalue weighted by molar-refractivity contribution is 5.95. The normalized spacial score (nSPS) is 13.7. The smallest absolute Gasteiger partial charge is 0.416 e. The summed E-state index contributed by atoms with van der Waals surface area (Å²) in [6, 6.07) is 10.2.